The molecule has 2 aliphatic rings. The Labute approximate surface area is 93.2 Å². The minimum Gasteiger partial charge on any atom is -0.380 e. The highest BCUT2D eigenvalue weighted by Gasteiger charge is 2.15. The third kappa shape index (κ3) is 4.09. The summed E-state index contributed by atoms with van der Waals surface area (Å²) in [4.78, 5) is 2.56. The van der Waals surface area contributed by atoms with Crippen LogP contribution < -0.4 is 5.32 Å². The molecule has 2 fully saturated rings. The molecule has 0 aliphatic carbocycles. The third-order valence-electron chi connectivity index (χ3n) is 3.56. The van der Waals surface area contributed by atoms with Crippen molar-refractivity contribution >= 4 is 0 Å². The van der Waals surface area contributed by atoms with Gasteiger partial charge in [0.1, 0.15) is 0 Å². The maximum Gasteiger partial charge on any atom is 0.0593 e. The number of nitrogens with zero attached hydrogens (tertiary/aromatic N) is 1. The van der Waals surface area contributed by atoms with Crippen molar-refractivity contribution in [3.63, 3.8) is 0 Å². The van der Waals surface area contributed by atoms with E-state index in [0.29, 0.717) is 0 Å². The van der Waals surface area contributed by atoms with Crippen LogP contribution in [0.1, 0.15) is 25.7 Å². The number of hydrogen-bond donors (Lipinski definition) is 1. The monoisotopic (exact) mass is 212 g/mol. The summed E-state index contributed by atoms with van der Waals surface area (Å²) >= 11 is 0. The fourth-order valence-electron chi connectivity index (χ4n) is 2.59. The zero-order chi connectivity index (χ0) is 10.3. The Bertz CT molecular complexity index is 161. The molecule has 0 saturated carbocycles. The lowest BCUT2D eigenvalue weighted by molar-refractivity contribution is 0.141. The van der Waals surface area contributed by atoms with Gasteiger partial charge >= 0.3 is 0 Å². The Morgan fingerprint density at radius 3 is 3.13 bits per heavy atom. The average molecular weight is 212 g/mol. The number of rotatable bonds is 4. The molecular weight excluding hydrogens is 188 g/mol. The zero-order valence-electron chi connectivity index (χ0n) is 9.71. The molecule has 0 radical (unpaired) electrons. The van der Waals surface area contributed by atoms with Gasteiger partial charge in [0.15, 0.2) is 0 Å². The molecule has 15 heavy (non-hydrogen) atoms. The van der Waals surface area contributed by atoms with Crippen molar-refractivity contribution in [3.05, 3.63) is 0 Å². The minimum atomic E-state index is 0.936. The third-order valence-corrected chi connectivity index (χ3v) is 3.56. The van der Waals surface area contributed by atoms with Crippen molar-refractivity contribution in [3.8, 4) is 0 Å². The number of ether oxygens (including phenoxy) is 1. The fraction of sp³-hybridized carbons (Fsp3) is 1.00. The smallest absolute Gasteiger partial charge is 0.0593 e. The van der Waals surface area contributed by atoms with Gasteiger partial charge in [-0.15, -0.1) is 0 Å². The second kappa shape index (κ2) is 6.46. The van der Waals surface area contributed by atoms with E-state index in [9.17, 15) is 0 Å². The Hall–Kier alpha value is -0.120. The summed E-state index contributed by atoms with van der Waals surface area (Å²) in [7, 11) is 0. The summed E-state index contributed by atoms with van der Waals surface area (Å²) in [5, 5.41) is 3.44. The maximum atomic E-state index is 5.45. The molecule has 2 saturated heterocycles. The molecule has 0 aromatic heterocycles. The molecule has 0 amide bonds. The summed E-state index contributed by atoms with van der Waals surface area (Å²) in [5.74, 6) is 0.952. The van der Waals surface area contributed by atoms with Crippen LogP contribution in [0.25, 0.3) is 0 Å². The van der Waals surface area contributed by atoms with Gasteiger partial charge in [0, 0.05) is 19.7 Å². The second-order valence-electron chi connectivity index (χ2n) is 4.81. The first-order valence-corrected chi connectivity index (χ1v) is 6.46. The summed E-state index contributed by atoms with van der Waals surface area (Å²) in [6, 6.07) is 0. The molecule has 3 nitrogen and oxygen atoms in total. The van der Waals surface area contributed by atoms with Crippen LogP contribution in [0.15, 0.2) is 0 Å². The van der Waals surface area contributed by atoms with Gasteiger partial charge in [0.2, 0.25) is 0 Å². The SMILES string of the molecule is C1COCCN(CCCC2CCNC2)C1. The zero-order valence-corrected chi connectivity index (χ0v) is 9.71. The van der Waals surface area contributed by atoms with E-state index in [0.717, 1.165) is 25.7 Å². The van der Waals surface area contributed by atoms with Crippen molar-refractivity contribution in [2.45, 2.75) is 25.7 Å². The van der Waals surface area contributed by atoms with E-state index in [-0.39, 0.29) is 0 Å². The van der Waals surface area contributed by atoms with Crippen LogP contribution >= 0.6 is 0 Å². The molecule has 2 heterocycles. The van der Waals surface area contributed by atoms with Crippen LogP contribution in [-0.2, 0) is 4.74 Å². The minimum absolute atomic E-state index is 0.936. The molecule has 88 valence electrons. The Morgan fingerprint density at radius 2 is 2.27 bits per heavy atom. The highest BCUT2D eigenvalue weighted by molar-refractivity contribution is 4.72. The molecule has 0 aromatic carbocycles. The lowest BCUT2D eigenvalue weighted by Gasteiger charge is -2.19. The highest BCUT2D eigenvalue weighted by atomic mass is 16.5. The van der Waals surface area contributed by atoms with E-state index in [1.807, 2.05) is 0 Å². The van der Waals surface area contributed by atoms with Gasteiger partial charge in [-0.2, -0.15) is 0 Å². The van der Waals surface area contributed by atoms with Crippen molar-refractivity contribution < 1.29 is 4.74 Å². The first kappa shape index (κ1) is 11.4. The van der Waals surface area contributed by atoms with Crippen molar-refractivity contribution in [2.24, 2.45) is 5.92 Å². The van der Waals surface area contributed by atoms with Gasteiger partial charge in [-0.3, -0.25) is 0 Å². The fourth-order valence-corrected chi connectivity index (χ4v) is 2.59. The predicted molar refractivity (Wildman–Crippen MR) is 62.1 cm³/mol. The molecule has 2 rings (SSSR count). The van der Waals surface area contributed by atoms with E-state index in [4.69, 9.17) is 4.74 Å². The number of nitrogens with one attached hydrogen (secondary N) is 1. The lowest BCUT2D eigenvalue weighted by atomic mass is 10.0. The summed E-state index contributed by atoms with van der Waals surface area (Å²) < 4.78 is 5.45. The first-order valence-electron chi connectivity index (χ1n) is 6.46. The molecule has 1 N–H and O–H groups in total. The summed E-state index contributed by atoms with van der Waals surface area (Å²) in [6.07, 6.45) is 5.38. The van der Waals surface area contributed by atoms with Gasteiger partial charge in [0.05, 0.1) is 6.61 Å². The molecule has 1 atom stereocenters. The second-order valence-corrected chi connectivity index (χ2v) is 4.81. The summed E-state index contributed by atoms with van der Waals surface area (Å²) in [5.41, 5.74) is 0. The Balaban J connectivity index is 1.55. The molecule has 1 unspecified atom stereocenters. The Morgan fingerprint density at radius 1 is 1.27 bits per heavy atom. The van der Waals surface area contributed by atoms with Gasteiger partial charge in [-0.05, 0) is 51.2 Å². The van der Waals surface area contributed by atoms with Crippen molar-refractivity contribution in [2.75, 3.05) is 45.9 Å². The molecule has 2 aliphatic heterocycles. The van der Waals surface area contributed by atoms with E-state index >= 15 is 0 Å². The van der Waals surface area contributed by atoms with E-state index < -0.39 is 0 Å². The van der Waals surface area contributed by atoms with Crippen LogP contribution in [0.3, 0.4) is 0 Å². The van der Waals surface area contributed by atoms with E-state index in [1.165, 1.54) is 51.9 Å². The molecule has 3 heteroatoms. The highest BCUT2D eigenvalue weighted by Crippen LogP contribution is 2.14. The van der Waals surface area contributed by atoms with E-state index in [1.54, 1.807) is 0 Å². The van der Waals surface area contributed by atoms with Crippen LogP contribution in [0.5, 0.6) is 0 Å². The topological polar surface area (TPSA) is 24.5 Å². The molecular formula is C12H24N2O. The first-order chi connectivity index (χ1) is 7.45. The lowest BCUT2D eigenvalue weighted by Crippen LogP contribution is -2.27. The standard InChI is InChI=1S/C12H24N2O/c1(3-12-4-5-13-11-12)6-14-7-2-9-15-10-8-14/h12-13H,1-11H2. The van der Waals surface area contributed by atoms with Crippen LogP contribution in [-0.4, -0.2) is 50.8 Å². The average Bonchev–Trinajstić information content (AvgIpc) is 2.62. The number of hydrogen-bond acceptors (Lipinski definition) is 3. The van der Waals surface area contributed by atoms with Crippen molar-refractivity contribution in [1.29, 1.82) is 0 Å². The summed E-state index contributed by atoms with van der Waals surface area (Å²) in [6.45, 7) is 8.05. The molecule has 0 aromatic rings. The quantitative estimate of drug-likeness (QED) is 0.755. The van der Waals surface area contributed by atoms with Gasteiger partial charge in [-0.1, -0.05) is 0 Å². The largest absolute Gasteiger partial charge is 0.380 e. The van der Waals surface area contributed by atoms with E-state index in [2.05, 4.69) is 10.2 Å². The Kier molecular flexibility index (Phi) is 4.90. The van der Waals surface area contributed by atoms with Crippen LogP contribution in [0.4, 0.5) is 0 Å². The molecule has 0 spiro atoms. The van der Waals surface area contributed by atoms with Gasteiger partial charge < -0.3 is 15.0 Å². The maximum absolute atomic E-state index is 5.45. The molecule has 0 bridgehead atoms. The van der Waals surface area contributed by atoms with Crippen molar-refractivity contribution in [1.82, 2.24) is 10.2 Å². The van der Waals surface area contributed by atoms with Gasteiger partial charge in [-0.25, -0.2) is 0 Å². The van der Waals surface area contributed by atoms with Crippen LogP contribution in [0, 0.1) is 5.92 Å². The predicted octanol–water partition coefficient (Wildman–Crippen LogP) is 1.10. The van der Waals surface area contributed by atoms with Crippen LogP contribution in [0.2, 0.25) is 0 Å². The van der Waals surface area contributed by atoms with Gasteiger partial charge in [0.25, 0.3) is 0 Å². The normalized spacial score (nSPS) is 29.2.